The molecule has 0 amide bonds. The van der Waals surface area contributed by atoms with Crippen molar-refractivity contribution in [2.24, 2.45) is 7.05 Å². The lowest BCUT2D eigenvalue weighted by Crippen LogP contribution is -2.49. The van der Waals surface area contributed by atoms with E-state index >= 15 is 0 Å². The molecule has 1 atom stereocenters. The van der Waals surface area contributed by atoms with E-state index in [1.807, 2.05) is 17.8 Å². The third kappa shape index (κ3) is 2.15. The summed E-state index contributed by atoms with van der Waals surface area (Å²) < 4.78 is 33.6. The van der Waals surface area contributed by atoms with Crippen LogP contribution in [0.1, 0.15) is 11.9 Å². The molecule has 1 aliphatic heterocycles. The highest BCUT2D eigenvalue weighted by Gasteiger charge is 2.37. The molecule has 0 unspecified atom stereocenters. The molecule has 108 valence electrons. The molecule has 0 aliphatic carbocycles. The Bertz CT molecular complexity index is 677. The predicted molar refractivity (Wildman–Crippen MR) is 71.4 cm³/mol. The van der Waals surface area contributed by atoms with E-state index in [4.69, 9.17) is 4.42 Å². The van der Waals surface area contributed by atoms with Gasteiger partial charge in [-0.1, -0.05) is 0 Å². The van der Waals surface area contributed by atoms with Crippen LogP contribution in [-0.2, 0) is 17.1 Å². The Balaban J connectivity index is 2.00. The number of piperazine rings is 1. The molecule has 7 nitrogen and oxygen atoms in total. The summed E-state index contributed by atoms with van der Waals surface area (Å²) in [6.45, 7) is 1.53. The first-order valence-corrected chi connectivity index (χ1v) is 7.78. The van der Waals surface area contributed by atoms with Crippen LogP contribution in [0.15, 0.2) is 40.3 Å². The monoisotopic (exact) mass is 296 g/mol. The smallest absolute Gasteiger partial charge is 0.277 e. The average molecular weight is 296 g/mol. The molecule has 2 aromatic heterocycles. The second-order valence-electron chi connectivity index (χ2n) is 4.66. The van der Waals surface area contributed by atoms with Crippen LogP contribution in [0.5, 0.6) is 0 Å². The van der Waals surface area contributed by atoms with Gasteiger partial charge in [-0.15, -0.1) is 0 Å². The Morgan fingerprint density at radius 2 is 2.35 bits per heavy atom. The van der Waals surface area contributed by atoms with E-state index in [9.17, 15) is 8.42 Å². The van der Waals surface area contributed by atoms with Crippen LogP contribution in [0.25, 0.3) is 0 Å². The lowest BCUT2D eigenvalue weighted by molar-refractivity contribution is 0.252. The van der Waals surface area contributed by atoms with Crippen LogP contribution in [0.2, 0.25) is 0 Å². The van der Waals surface area contributed by atoms with Crippen molar-refractivity contribution in [2.75, 3.05) is 19.6 Å². The molecule has 8 heteroatoms. The van der Waals surface area contributed by atoms with E-state index in [-0.39, 0.29) is 11.1 Å². The molecule has 20 heavy (non-hydrogen) atoms. The molecule has 0 radical (unpaired) electrons. The van der Waals surface area contributed by atoms with Crippen molar-refractivity contribution in [3.05, 3.63) is 36.6 Å². The van der Waals surface area contributed by atoms with Crippen molar-refractivity contribution in [1.82, 2.24) is 19.2 Å². The molecule has 1 fully saturated rings. The number of rotatable bonds is 3. The van der Waals surface area contributed by atoms with Gasteiger partial charge in [0.1, 0.15) is 5.82 Å². The highest BCUT2D eigenvalue weighted by atomic mass is 32.2. The average Bonchev–Trinajstić information content (AvgIpc) is 3.10. The summed E-state index contributed by atoms with van der Waals surface area (Å²) in [5, 5.41) is 3.18. The second-order valence-corrected chi connectivity index (χ2v) is 6.49. The molecule has 0 bridgehead atoms. The van der Waals surface area contributed by atoms with Crippen molar-refractivity contribution >= 4 is 10.0 Å². The SMILES string of the molecule is Cn1ccnc1[C@H]1CNCCN1S(=O)(=O)c1ccco1. The molecule has 1 saturated heterocycles. The van der Waals surface area contributed by atoms with Crippen molar-refractivity contribution in [1.29, 1.82) is 0 Å². The van der Waals surface area contributed by atoms with E-state index in [1.54, 1.807) is 12.3 Å². The maximum atomic E-state index is 12.6. The molecule has 0 saturated carbocycles. The van der Waals surface area contributed by atoms with E-state index < -0.39 is 10.0 Å². The zero-order chi connectivity index (χ0) is 14.2. The van der Waals surface area contributed by atoms with Crippen molar-refractivity contribution in [2.45, 2.75) is 11.1 Å². The van der Waals surface area contributed by atoms with Gasteiger partial charge in [-0.2, -0.15) is 4.31 Å². The van der Waals surface area contributed by atoms with Crippen LogP contribution >= 0.6 is 0 Å². The minimum absolute atomic E-state index is 0.0291. The van der Waals surface area contributed by atoms with Gasteiger partial charge in [-0.25, -0.2) is 13.4 Å². The van der Waals surface area contributed by atoms with Gasteiger partial charge in [0.15, 0.2) is 0 Å². The van der Waals surface area contributed by atoms with E-state index in [2.05, 4.69) is 10.3 Å². The maximum absolute atomic E-state index is 12.6. The Morgan fingerprint density at radius 3 is 3.00 bits per heavy atom. The van der Waals surface area contributed by atoms with Gasteiger partial charge in [-0.3, -0.25) is 0 Å². The molecule has 3 heterocycles. The number of nitrogens with one attached hydrogen (secondary N) is 1. The zero-order valence-corrected chi connectivity index (χ0v) is 11.9. The number of hydrogen-bond acceptors (Lipinski definition) is 5. The van der Waals surface area contributed by atoms with Gasteiger partial charge in [0.2, 0.25) is 5.09 Å². The van der Waals surface area contributed by atoms with Crippen molar-refractivity contribution in [3.8, 4) is 0 Å². The quantitative estimate of drug-likeness (QED) is 0.884. The molecule has 0 spiro atoms. The molecule has 1 N–H and O–H groups in total. The van der Waals surface area contributed by atoms with Crippen molar-refractivity contribution in [3.63, 3.8) is 0 Å². The molecule has 1 aliphatic rings. The number of aryl methyl sites for hydroxylation is 1. The van der Waals surface area contributed by atoms with Gasteiger partial charge >= 0.3 is 0 Å². The lowest BCUT2D eigenvalue weighted by atomic mass is 10.2. The van der Waals surface area contributed by atoms with Crippen LogP contribution in [0.4, 0.5) is 0 Å². The van der Waals surface area contributed by atoms with Crippen LogP contribution < -0.4 is 5.32 Å². The first-order chi connectivity index (χ1) is 9.60. The van der Waals surface area contributed by atoms with Gasteiger partial charge in [0.05, 0.1) is 12.3 Å². The summed E-state index contributed by atoms with van der Waals surface area (Å²) in [4.78, 5) is 4.27. The predicted octanol–water partition coefficient (Wildman–Crippen LogP) is 0.348. The van der Waals surface area contributed by atoms with E-state index in [1.165, 1.54) is 16.6 Å². The maximum Gasteiger partial charge on any atom is 0.277 e. The van der Waals surface area contributed by atoms with E-state index in [0.29, 0.717) is 25.5 Å². The fraction of sp³-hybridized carbons (Fsp3) is 0.417. The van der Waals surface area contributed by atoms with Crippen LogP contribution in [0.3, 0.4) is 0 Å². The highest BCUT2D eigenvalue weighted by Crippen LogP contribution is 2.27. The molecule has 2 aromatic rings. The number of aromatic nitrogens is 2. The highest BCUT2D eigenvalue weighted by molar-refractivity contribution is 7.89. The lowest BCUT2D eigenvalue weighted by Gasteiger charge is -2.33. The Hall–Kier alpha value is -1.64. The van der Waals surface area contributed by atoms with Gasteiger partial charge in [-0.05, 0) is 12.1 Å². The second kappa shape index (κ2) is 5.04. The fourth-order valence-corrected chi connectivity index (χ4v) is 3.91. The van der Waals surface area contributed by atoms with Gasteiger partial charge in [0.25, 0.3) is 10.0 Å². The third-order valence-electron chi connectivity index (χ3n) is 3.41. The van der Waals surface area contributed by atoms with Gasteiger partial charge in [0, 0.05) is 39.1 Å². The van der Waals surface area contributed by atoms with Crippen LogP contribution in [-0.4, -0.2) is 41.9 Å². The zero-order valence-electron chi connectivity index (χ0n) is 11.1. The number of furan rings is 1. The summed E-state index contributed by atoms with van der Waals surface area (Å²) in [6, 6.07) is 2.70. The Kier molecular flexibility index (Phi) is 3.36. The van der Waals surface area contributed by atoms with Crippen molar-refractivity contribution < 1.29 is 12.8 Å². The minimum atomic E-state index is -3.64. The largest absolute Gasteiger partial charge is 0.452 e. The first-order valence-electron chi connectivity index (χ1n) is 6.34. The summed E-state index contributed by atoms with van der Waals surface area (Å²) in [6.07, 6.45) is 4.84. The fourth-order valence-electron chi connectivity index (χ4n) is 2.42. The van der Waals surface area contributed by atoms with Crippen LogP contribution in [0, 0.1) is 0 Å². The topological polar surface area (TPSA) is 80.4 Å². The summed E-state index contributed by atoms with van der Waals surface area (Å²) in [5.41, 5.74) is 0. The summed E-state index contributed by atoms with van der Waals surface area (Å²) in [7, 11) is -1.78. The molecule has 0 aromatic carbocycles. The number of imidazole rings is 1. The number of sulfonamides is 1. The Morgan fingerprint density at radius 1 is 1.50 bits per heavy atom. The minimum Gasteiger partial charge on any atom is -0.452 e. The third-order valence-corrected chi connectivity index (χ3v) is 5.20. The summed E-state index contributed by atoms with van der Waals surface area (Å²) >= 11 is 0. The first kappa shape index (κ1) is 13.3. The molecular formula is C12H16N4O3S. The number of nitrogens with zero attached hydrogens (tertiary/aromatic N) is 3. The van der Waals surface area contributed by atoms with Gasteiger partial charge < -0.3 is 14.3 Å². The van der Waals surface area contributed by atoms with E-state index in [0.717, 1.165) is 0 Å². The summed E-state index contributed by atoms with van der Waals surface area (Å²) in [5.74, 6) is 0.715. The standard InChI is InChI=1S/C12H16N4O3S/c1-15-6-5-14-12(15)10-9-13-4-7-16(10)20(17,18)11-3-2-8-19-11/h2-3,5-6,8,10,13H,4,7,9H2,1H3/t10-/m1/s1. The Labute approximate surface area is 117 Å². The normalized spacial score (nSPS) is 21.1. The number of hydrogen-bond donors (Lipinski definition) is 1. The molecule has 3 rings (SSSR count). The molecular weight excluding hydrogens is 280 g/mol.